The van der Waals surface area contributed by atoms with E-state index in [0.29, 0.717) is 5.69 Å². The van der Waals surface area contributed by atoms with Gasteiger partial charge in [0.2, 0.25) is 5.91 Å². The van der Waals surface area contributed by atoms with Crippen molar-refractivity contribution in [1.82, 2.24) is 10.2 Å². The predicted octanol–water partition coefficient (Wildman–Crippen LogP) is 2.62. The Morgan fingerprint density at radius 3 is 2.62 bits per heavy atom. The van der Waals surface area contributed by atoms with E-state index in [0.717, 1.165) is 16.0 Å². The summed E-state index contributed by atoms with van der Waals surface area (Å²) in [5.74, 6) is -1.18. The van der Waals surface area contributed by atoms with Gasteiger partial charge >= 0.3 is 6.03 Å². The van der Waals surface area contributed by atoms with Gasteiger partial charge in [0.15, 0.2) is 0 Å². The maximum absolute atomic E-state index is 12.9. The summed E-state index contributed by atoms with van der Waals surface area (Å²) < 4.78 is 0. The Kier molecular flexibility index (Phi) is 5.06. The number of nitrogens with zero attached hydrogens (tertiary/aromatic N) is 2. The molecule has 1 saturated heterocycles. The van der Waals surface area contributed by atoms with Gasteiger partial charge in [0.1, 0.15) is 12.1 Å². The molecule has 0 aromatic heterocycles. The van der Waals surface area contributed by atoms with Gasteiger partial charge in [-0.2, -0.15) is 0 Å². The molecule has 9 heteroatoms. The lowest BCUT2D eigenvalue weighted by molar-refractivity contribution is -0.385. The van der Waals surface area contributed by atoms with Crippen molar-refractivity contribution in [3.05, 3.63) is 69.3 Å². The van der Waals surface area contributed by atoms with Crippen LogP contribution in [0.25, 0.3) is 0 Å². The molecule has 1 aliphatic rings. The smallest absolute Gasteiger partial charge is 0.324 e. The molecule has 1 atom stereocenters. The van der Waals surface area contributed by atoms with E-state index in [9.17, 15) is 24.5 Å². The van der Waals surface area contributed by atoms with Crippen molar-refractivity contribution in [3.8, 4) is 0 Å². The SMILES string of the molecule is Cc1ccc(C)c(NC(=O)CN2C(=O)NC(C)(c3cccc([N+](=O)[O-])c3)C2=O)c1. The molecule has 3 rings (SSSR count). The van der Waals surface area contributed by atoms with Gasteiger partial charge in [-0.3, -0.25) is 24.6 Å². The maximum Gasteiger partial charge on any atom is 0.325 e. The van der Waals surface area contributed by atoms with Crippen LogP contribution in [0, 0.1) is 24.0 Å². The second-order valence-corrected chi connectivity index (χ2v) is 7.12. The molecular weight excluding hydrogens is 376 g/mol. The number of urea groups is 1. The average molecular weight is 396 g/mol. The van der Waals surface area contributed by atoms with Crippen LogP contribution < -0.4 is 10.6 Å². The fourth-order valence-corrected chi connectivity index (χ4v) is 3.17. The Balaban J connectivity index is 1.80. The lowest BCUT2D eigenvalue weighted by atomic mass is 9.91. The zero-order valence-electron chi connectivity index (χ0n) is 16.2. The summed E-state index contributed by atoms with van der Waals surface area (Å²) in [6, 6.07) is 10.3. The lowest BCUT2D eigenvalue weighted by Gasteiger charge is -2.22. The zero-order chi connectivity index (χ0) is 21.3. The van der Waals surface area contributed by atoms with Crippen molar-refractivity contribution >= 4 is 29.2 Å². The second kappa shape index (κ2) is 7.34. The van der Waals surface area contributed by atoms with Crippen molar-refractivity contribution in [2.24, 2.45) is 0 Å². The highest BCUT2D eigenvalue weighted by Crippen LogP contribution is 2.30. The third-order valence-corrected chi connectivity index (χ3v) is 4.88. The highest BCUT2D eigenvalue weighted by molar-refractivity contribution is 6.10. The average Bonchev–Trinajstić information content (AvgIpc) is 2.89. The first-order valence-corrected chi connectivity index (χ1v) is 8.88. The van der Waals surface area contributed by atoms with Crippen LogP contribution in [-0.4, -0.2) is 34.2 Å². The molecule has 0 radical (unpaired) electrons. The van der Waals surface area contributed by atoms with Crippen LogP contribution in [0.4, 0.5) is 16.2 Å². The van der Waals surface area contributed by atoms with Gasteiger partial charge in [0.05, 0.1) is 4.92 Å². The summed E-state index contributed by atoms with van der Waals surface area (Å²) >= 11 is 0. The molecule has 0 spiro atoms. The molecule has 1 heterocycles. The first kappa shape index (κ1) is 20.0. The van der Waals surface area contributed by atoms with Crippen LogP contribution in [0.2, 0.25) is 0 Å². The van der Waals surface area contributed by atoms with E-state index in [1.165, 1.54) is 31.2 Å². The monoisotopic (exact) mass is 396 g/mol. The van der Waals surface area contributed by atoms with Crippen molar-refractivity contribution in [1.29, 1.82) is 0 Å². The molecule has 1 fully saturated rings. The van der Waals surface area contributed by atoms with E-state index >= 15 is 0 Å². The summed E-state index contributed by atoms with van der Waals surface area (Å²) in [7, 11) is 0. The largest absolute Gasteiger partial charge is 0.325 e. The summed E-state index contributed by atoms with van der Waals surface area (Å²) in [6.07, 6.45) is 0. The predicted molar refractivity (Wildman–Crippen MR) is 105 cm³/mol. The second-order valence-electron chi connectivity index (χ2n) is 7.12. The van der Waals surface area contributed by atoms with Crippen LogP contribution >= 0.6 is 0 Å². The standard InChI is InChI=1S/C20H20N4O5/c1-12-7-8-13(2)16(9-12)21-17(25)11-23-18(26)20(3,22-19(23)27)14-5-4-6-15(10-14)24(28)29/h4-10H,11H2,1-3H3,(H,21,25)(H,22,27). The minimum absolute atomic E-state index is 0.197. The van der Waals surface area contributed by atoms with E-state index in [1.807, 2.05) is 26.0 Å². The number of aryl methyl sites for hydroxylation is 2. The molecule has 9 nitrogen and oxygen atoms in total. The summed E-state index contributed by atoms with van der Waals surface area (Å²) in [6.45, 7) is 4.70. The van der Waals surface area contributed by atoms with Gasteiger partial charge < -0.3 is 10.6 Å². The van der Waals surface area contributed by atoms with Gasteiger partial charge in [-0.1, -0.05) is 24.3 Å². The van der Waals surface area contributed by atoms with Crippen LogP contribution in [0.5, 0.6) is 0 Å². The summed E-state index contributed by atoms with van der Waals surface area (Å²) in [4.78, 5) is 49.0. The Morgan fingerprint density at radius 2 is 1.93 bits per heavy atom. The molecule has 0 saturated carbocycles. The third kappa shape index (κ3) is 3.79. The number of anilines is 1. The quantitative estimate of drug-likeness (QED) is 0.457. The van der Waals surface area contributed by atoms with Gasteiger partial charge in [0.25, 0.3) is 11.6 Å². The van der Waals surface area contributed by atoms with Crippen LogP contribution in [0.3, 0.4) is 0 Å². The number of rotatable bonds is 5. The topological polar surface area (TPSA) is 122 Å². The first-order valence-electron chi connectivity index (χ1n) is 8.88. The van der Waals surface area contributed by atoms with Crippen molar-refractivity contribution < 1.29 is 19.3 Å². The zero-order valence-corrected chi connectivity index (χ0v) is 16.2. The Morgan fingerprint density at radius 1 is 1.21 bits per heavy atom. The summed E-state index contributed by atoms with van der Waals surface area (Å²) in [5.41, 5.74) is 0.979. The molecule has 2 aromatic carbocycles. The molecule has 0 bridgehead atoms. The van der Waals surface area contributed by atoms with E-state index < -0.39 is 34.9 Å². The first-order chi connectivity index (χ1) is 13.6. The van der Waals surface area contributed by atoms with Crippen molar-refractivity contribution in [2.75, 3.05) is 11.9 Å². The van der Waals surface area contributed by atoms with Crippen LogP contribution in [-0.2, 0) is 15.1 Å². The van der Waals surface area contributed by atoms with Gasteiger partial charge in [-0.15, -0.1) is 0 Å². The number of carbonyl (C=O) groups excluding carboxylic acids is 3. The number of benzene rings is 2. The fourth-order valence-electron chi connectivity index (χ4n) is 3.17. The van der Waals surface area contributed by atoms with Crippen LogP contribution in [0.1, 0.15) is 23.6 Å². The highest BCUT2D eigenvalue weighted by atomic mass is 16.6. The molecule has 1 unspecified atom stereocenters. The molecule has 1 aliphatic heterocycles. The minimum atomic E-state index is -1.50. The van der Waals surface area contributed by atoms with E-state index in [4.69, 9.17) is 0 Å². The number of carbonyl (C=O) groups is 3. The molecule has 29 heavy (non-hydrogen) atoms. The van der Waals surface area contributed by atoms with E-state index in [-0.39, 0.29) is 11.3 Å². The van der Waals surface area contributed by atoms with E-state index in [1.54, 1.807) is 6.07 Å². The highest BCUT2D eigenvalue weighted by Gasteiger charge is 2.49. The maximum atomic E-state index is 12.9. The molecule has 150 valence electrons. The van der Waals surface area contributed by atoms with Crippen molar-refractivity contribution in [2.45, 2.75) is 26.3 Å². The van der Waals surface area contributed by atoms with Gasteiger partial charge in [-0.25, -0.2) is 4.79 Å². The fraction of sp³-hybridized carbons (Fsp3) is 0.250. The number of nitro groups is 1. The number of nitro benzene ring substituents is 1. The van der Waals surface area contributed by atoms with Crippen LogP contribution in [0.15, 0.2) is 42.5 Å². The normalized spacial score (nSPS) is 18.5. The number of amides is 4. The molecular formula is C20H20N4O5. The van der Waals surface area contributed by atoms with Gasteiger partial charge in [0, 0.05) is 17.8 Å². The Labute approximate surface area is 166 Å². The number of hydrogen-bond acceptors (Lipinski definition) is 5. The molecule has 2 N–H and O–H groups in total. The Bertz CT molecular complexity index is 1040. The van der Waals surface area contributed by atoms with Gasteiger partial charge in [-0.05, 0) is 43.5 Å². The Hall–Kier alpha value is -3.75. The summed E-state index contributed by atoms with van der Waals surface area (Å²) in [5, 5.41) is 16.3. The number of imide groups is 1. The number of non-ortho nitro benzene ring substituents is 1. The van der Waals surface area contributed by atoms with E-state index in [2.05, 4.69) is 10.6 Å². The van der Waals surface area contributed by atoms with Crippen molar-refractivity contribution in [3.63, 3.8) is 0 Å². The number of hydrogen-bond donors (Lipinski definition) is 2. The lowest BCUT2D eigenvalue weighted by Crippen LogP contribution is -2.42. The molecule has 4 amide bonds. The minimum Gasteiger partial charge on any atom is -0.324 e. The number of nitrogens with one attached hydrogen (secondary N) is 2. The third-order valence-electron chi connectivity index (χ3n) is 4.88. The molecule has 0 aliphatic carbocycles. The molecule has 2 aromatic rings.